The Balaban J connectivity index is 0.00000194. The number of carbonyl (C=O) groups excluding carboxylic acids is 1. The summed E-state index contributed by atoms with van der Waals surface area (Å²) in [5, 5.41) is 8.81. The van der Waals surface area contributed by atoms with Gasteiger partial charge in [-0.1, -0.05) is 34.1 Å². The van der Waals surface area contributed by atoms with E-state index in [2.05, 4.69) is 13.8 Å². The summed E-state index contributed by atoms with van der Waals surface area (Å²) in [5.74, 6) is -0.236. The van der Waals surface area contributed by atoms with E-state index in [4.69, 9.17) is 9.84 Å². The monoisotopic (exact) mass is 381 g/mol. The standard InChI is InChI=1S/C15H22F3NO4.C3H8/c1-3-11(4-5-14(21)22)19(13(8-20)15(16,17)18)12-6-7-23-9-10(12)2;1-3-2/h10-12H,3-7,9H2,1-2H3,(H,21,22);3H2,1-2H3/t10?,11?,12-;/m0./s1. The number of hydrogen-bond donors (Lipinski definition) is 1. The number of alkyl halides is 3. The maximum Gasteiger partial charge on any atom is 0.442 e. The highest BCUT2D eigenvalue weighted by atomic mass is 19.4. The van der Waals surface area contributed by atoms with Crippen molar-refractivity contribution in [2.75, 3.05) is 13.2 Å². The summed E-state index contributed by atoms with van der Waals surface area (Å²) >= 11 is 0. The number of carboxylic acids is 1. The molecule has 3 atom stereocenters. The van der Waals surface area contributed by atoms with Crippen molar-refractivity contribution in [2.24, 2.45) is 5.92 Å². The predicted octanol–water partition coefficient (Wildman–Crippen LogP) is 4.05. The summed E-state index contributed by atoms with van der Waals surface area (Å²) < 4.78 is 45.0. The summed E-state index contributed by atoms with van der Waals surface area (Å²) in [4.78, 5) is 22.8. The van der Waals surface area contributed by atoms with Crippen LogP contribution >= 0.6 is 0 Å². The van der Waals surface area contributed by atoms with Gasteiger partial charge in [-0.3, -0.25) is 4.79 Å². The lowest BCUT2D eigenvalue weighted by molar-refractivity contribution is -0.138. The van der Waals surface area contributed by atoms with E-state index in [1.165, 1.54) is 6.42 Å². The number of aliphatic carboxylic acids is 1. The normalized spacial score (nSPS) is 21.0. The van der Waals surface area contributed by atoms with E-state index in [1.807, 2.05) is 0 Å². The molecule has 0 aromatic rings. The number of allylic oxidation sites excluding steroid dienone is 1. The summed E-state index contributed by atoms with van der Waals surface area (Å²) in [6, 6.07) is -1.21. The van der Waals surface area contributed by atoms with E-state index in [0.717, 1.165) is 10.8 Å². The molecule has 1 heterocycles. The van der Waals surface area contributed by atoms with Crippen molar-refractivity contribution >= 4 is 11.9 Å². The van der Waals surface area contributed by atoms with Crippen molar-refractivity contribution in [1.29, 1.82) is 0 Å². The quantitative estimate of drug-likeness (QED) is 0.674. The largest absolute Gasteiger partial charge is 0.481 e. The zero-order valence-corrected chi connectivity index (χ0v) is 15.9. The lowest BCUT2D eigenvalue weighted by Gasteiger charge is -2.44. The second-order valence-corrected chi connectivity index (χ2v) is 6.47. The van der Waals surface area contributed by atoms with Gasteiger partial charge in [0.1, 0.15) is 0 Å². The molecule has 0 radical (unpaired) electrons. The molecule has 1 aliphatic rings. The molecule has 0 aliphatic carbocycles. The van der Waals surface area contributed by atoms with Crippen LogP contribution in [0.4, 0.5) is 13.2 Å². The number of halogens is 3. The van der Waals surface area contributed by atoms with E-state index in [9.17, 15) is 22.8 Å². The van der Waals surface area contributed by atoms with Crippen LogP contribution in [0.1, 0.15) is 59.8 Å². The highest BCUT2D eigenvalue weighted by Gasteiger charge is 2.45. The van der Waals surface area contributed by atoms with Gasteiger partial charge in [-0.2, -0.15) is 13.2 Å². The third kappa shape index (κ3) is 7.79. The fourth-order valence-corrected chi connectivity index (χ4v) is 2.99. The van der Waals surface area contributed by atoms with Gasteiger partial charge in [0.25, 0.3) is 0 Å². The first-order valence-corrected chi connectivity index (χ1v) is 9.03. The minimum atomic E-state index is -4.82. The van der Waals surface area contributed by atoms with Crippen LogP contribution in [0.15, 0.2) is 5.70 Å². The summed E-state index contributed by atoms with van der Waals surface area (Å²) in [7, 11) is 0. The first-order chi connectivity index (χ1) is 12.1. The molecule has 152 valence electrons. The Morgan fingerprint density at radius 3 is 2.31 bits per heavy atom. The topological polar surface area (TPSA) is 66.8 Å². The van der Waals surface area contributed by atoms with Crippen LogP contribution in [-0.2, 0) is 14.3 Å². The van der Waals surface area contributed by atoms with Gasteiger partial charge in [-0.25, -0.2) is 4.79 Å². The number of carboxylic acid groups (broad SMARTS) is 1. The molecular formula is C18H30F3NO4. The average molecular weight is 381 g/mol. The Bertz CT molecular complexity index is 476. The fraction of sp³-hybridized carbons (Fsp3) is 0.833. The SMILES string of the molecule is CCC.CCC(CCC(=O)O)N(C(=C=O)C(F)(F)F)[C@H]1CCOCC1C. The molecule has 5 nitrogen and oxygen atoms in total. The number of nitrogens with zero attached hydrogens (tertiary/aromatic N) is 1. The Hall–Kier alpha value is -1.53. The first kappa shape index (κ1) is 24.5. The van der Waals surface area contributed by atoms with Crippen LogP contribution in [0.5, 0.6) is 0 Å². The molecule has 0 aromatic carbocycles. The molecule has 0 spiro atoms. The summed E-state index contributed by atoms with van der Waals surface area (Å²) in [6.45, 7) is 8.31. The van der Waals surface area contributed by atoms with Crippen LogP contribution in [-0.4, -0.2) is 53.4 Å². The molecule has 0 bridgehead atoms. The van der Waals surface area contributed by atoms with Crippen LogP contribution in [0.25, 0.3) is 0 Å². The third-order valence-electron chi connectivity index (χ3n) is 4.13. The molecule has 1 fully saturated rings. The number of rotatable bonds is 7. The Labute approximate surface area is 153 Å². The van der Waals surface area contributed by atoms with E-state index in [1.54, 1.807) is 13.8 Å². The van der Waals surface area contributed by atoms with Gasteiger partial charge in [0.15, 0.2) is 5.94 Å². The molecule has 1 rings (SSSR count). The van der Waals surface area contributed by atoms with Gasteiger partial charge < -0.3 is 14.7 Å². The lowest BCUT2D eigenvalue weighted by Crippen LogP contribution is -2.51. The van der Waals surface area contributed by atoms with E-state index in [0.29, 0.717) is 26.1 Å². The molecule has 26 heavy (non-hydrogen) atoms. The third-order valence-corrected chi connectivity index (χ3v) is 4.13. The van der Waals surface area contributed by atoms with Crippen molar-refractivity contribution in [3.8, 4) is 0 Å². The highest BCUT2D eigenvalue weighted by molar-refractivity contribution is 5.66. The lowest BCUT2D eigenvalue weighted by atomic mass is 9.92. The minimum Gasteiger partial charge on any atom is -0.481 e. The molecule has 0 aromatic heterocycles. The zero-order valence-electron chi connectivity index (χ0n) is 15.9. The van der Waals surface area contributed by atoms with Crippen LogP contribution in [0.2, 0.25) is 0 Å². The first-order valence-electron chi connectivity index (χ1n) is 9.03. The molecule has 1 N–H and O–H groups in total. The van der Waals surface area contributed by atoms with Crippen molar-refractivity contribution in [3.63, 3.8) is 0 Å². The van der Waals surface area contributed by atoms with Crippen molar-refractivity contribution in [1.82, 2.24) is 4.90 Å². The van der Waals surface area contributed by atoms with E-state index >= 15 is 0 Å². The number of carbonyl (C=O) groups is 1. The van der Waals surface area contributed by atoms with Gasteiger partial charge in [0.2, 0.25) is 5.70 Å². The van der Waals surface area contributed by atoms with E-state index in [-0.39, 0.29) is 18.8 Å². The van der Waals surface area contributed by atoms with Gasteiger partial charge in [0.05, 0.1) is 6.61 Å². The maximum absolute atomic E-state index is 13.3. The second kappa shape index (κ2) is 12.0. The molecule has 0 saturated carbocycles. The molecule has 8 heteroatoms. The van der Waals surface area contributed by atoms with E-state index < -0.39 is 29.9 Å². The smallest absolute Gasteiger partial charge is 0.442 e. The van der Waals surface area contributed by atoms with Crippen LogP contribution in [0, 0.1) is 5.92 Å². The zero-order chi connectivity index (χ0) is 20.3. The van der Waals surface area contributed by atoms with Gasteiger partial charge >= 0.3 is 12.1 Å². The van der Waals surface area contributed by atoms with Crippen LogP contribution in [0.3, 0.4) is 0 Å². The fourth-order valence-electron chi connectivity index (χ4n) is 2.99. The van der Waals surface area contributed by atoms with Gasteiger partial charge in [0, 0.05) is 25.1 Å². The maximum atomic E-state index is 13.3. The molecule has 0 amide bonds. The molecule has 1 aliphatic heterocycles. The second-order valence-electron chi connectivity index (χ2n) is 6.47. The van der Waals surface area contributed by atoms with Crippen molar-refractivity contribution in [3.05, 3.63) is 5.70 Å². The van der Waals surface area contributed by atoms with Crippen molar-refractivity contribution < 1.29 is 32.6 Å². The number of hydrogen-bond acceptors (Lipinski definition) is 4. The average Bonchev–Trinajstić information content (AvgIpc) is 2.54. The predicted molar refractivity (Wildman–Crippen MR) is 92.4 cm³/mol. The van der Waals surface area contributed by atoms with Crippen molar-refractivity contribution in [2.45, 2.75) is 78.1 Å². The highest BCUT2D eigenvalue weighted by Crippen LogP contribution is 2.35. The Morgan fingerprint density at radius 1 is 1.35 bits per heavy atom. The number of ether oxygens (including phenoxy) is 1. The Morgan fingerprint density at radius 2 is 1.92 bits per heavy atom. The minimum absolute atomic E-state index is 0.0389. The van der Waals surface area contributed by atoms with Crippen LogP contribution < -0.4 is 0 Å². The van der Waals surface area contributed by atoms with Gasteiger partial charge in [-0.05, 0) is 25.2 Å². The summed E-state index contributed by atoms with van der Waals surface area (Å²) in [6.07, 6.45) is -3.13. The Kier molecular flexibility index (Phi) is 11.3. The molecular weight excluding hydrogens is 351 g/mol. The van der Waals surface area contributed by atoms with Gasteiger partial charge in [-0.15, -0.1) is 0 Å². The molecule has 1 saturated heterocycles. The molecule has 2 unspecified atom stereocenters. The summed E-state index contributed by atoms with van der Waals surface area (Å²) in [5.41, 5.74) is -1.35.